The van der Waals surface area contributed by atoms with E-state index >= 15 is 0 Å². The summed E-state index contributed by atoms with van der Waals surface area (Å²) in [5.41, 5.74) is 0. The predicted molar refractivity (Wildman–Crippen MR) is 107 cm³/mol. The average Bonchev–Trinajstić information content (AvgIpc) is 2.42. The van der Waals surface area contributed by atoms with Gasteiger partial charge in [-0.3, -0.25) is 9.79 Å². The lowest BCUT2D eigenvalue weighted by Crippen LogP contribution is -2.40. The number of hydrogen-bond acceptors (Lipinski definition) is 3. The molecular formula is C15H31IN4OS. The van der Waals surface area contributed by atoms with Crippen molar-refractivity contribution >= 4 is 47.6 Å². The molecule has 1 amide bonds. The highest BCUT2D eigenvalue weighted by atomic mass is 127. The van der Waals surface area contributed by atoms with Crippen molar-refractivity contribution in [2.45, 2.75) is 38.5 Å². The van der Waals surface area contributed by atoms with E-state index < -0.39 is 0 Å². The lowest BCUT2D eigenvalue weighted by molar-refractivity contribution is -0.127. The lowest BCUT2D eigenvalue weighted by Gasteiger charge is -2.24. The third-order valence-corrected chi connectivity index (χ3v) is 4.41. The Balaban J connectivity index is 0.00000441. The Morgan fingerprint density at radius 2 is 1.73 bits per heavy atom. The van der Waals surface area contributed by atoms with Crippen LogP contribution >= 0.6 is 35.7 Å². The zero-order valence-corrected chi connectivity index (χ0v) is 17.0. The average molecular weight is 442 g/mol. The van der Waals surface area contributed by atoms with Gasteiger partial charge in [-0.05, 0) is 44.1 Å². The van der Waals surface area contributed by atoms with Crippen LogP contribution in [-0.4, -0.2) is 50.6 Å². The number of rotatable bonds is 10. The Bertz CT molecular complexity index is 325. The zero-order chi connectivity index (χ0) is 15.3. The molecule has 1 fully saturated rings. The highest BCUT2D eigenvalue weighted by Gasteiger charge is 2.24. The number of aliphatic imine (C=N–C) groups is 1. The monoisotopic (exact) mass is 442 g/mol. The summed E-state index contributed by atoms with van der Waals surface area (Å²) in [6.45, 7) is 2.53. The molecule has 0 bridgehead atoms. The summed E-state index contributed by atoms with van der Waals surface area (Å²) < 4.78 is 0. The van der Waals surface area contributed by atoms with Crippen LogP contribution in [0.3, 0.4) is 0 Å². The van der Waals surface area contributed by atoms with Crippen molar-refractivity contribution < 1.29 is 4.79 Å². The van der Waals surface area contributed by atoms with Gasteiger partial charge in [-0.25, -0.2) is 0 Å². The number of carbonyl (C=O) groups excluding carboxylic acids is 1. The van der Waals surface area contributed by atoms with Crippen molar-refractivity contribution in [2.24, 2.45) is 10.9 Å². The standard InChI is InChI=1S/C15H30N4OS.HI/c1-16-15(18-9-3-4-12-21-2)19-11-6-10-17-14(20)13-7-5-8-13;/h13H,3-12H2,1-2H3,(H,17,20)(H2,16,18,19);1H. The third-order valence-electron chi connectivity index (χ3n) is 3.71. The molecule has 1 aliphatic rings. The van der Waals surface area contributed by atoms with Gasteiger partial charge in [0.2, 0.25) is 5.91 Å². The smallest absolute Gasteiger partial charge is 0.223 e. The summed E-state index contributed by atoms with van der Waals surface area (Å²) >= 11 is 1.89. The number of halogens is 1. The van der Waals surface area contributed by atoms with E-state index in [2.05, 4.69) is 27.2 Å². The van der Waals surface area contributed by atoms with Gasteiger partial charge in [-0.15, -0.1) is 24.0 Å². The molecule has 0 aliphatic heterocycles. The molecule has 22 heavy (non-hydrogen) atoms. The van der Waals surface area contributed by atoms with Gasteiger partial charge in [0.15, 0.2) is 5.96 Å². The number of thioether (sulfide) groups is 1. The Hall–Kier alpha value is -0.180. The molecule has 7 heteroatoms. The van der Waals surface area contributed by atoms with E-state index in [-0.39, 0.29) is 35.8 Å². The first-order chi connectivity index (χ1) is 10.3. The van der Waals surface area contributed by atoms with Crippen LogP contribution < -0.4 is 16.0 Å². The molecule has 0 aromatic carbocycles. The number of guanidine groups is 1. The number of amides is 1. The van der Waals surface area contributed by atoms with Crippen LogP contribution in [0.15, 0.2) is 4.99 Å². The van der Waals surface area contributed by atoms with Gasteiger partial charge in [0.1, 0.15) is 0 Å². The van der Waals surface area contributed by atoms with E-state index in [1.807, 2.05) is 11.8 Å². The predicted octanol–water partition coefficient (Wildman–Crippen LogP) is 2.22. The first kappa shape index (κ1) is 21.8. The maximum atomic E-state index is 11.6. The second-order valence-corrected chi connectivity index (χ2v) is 6.38. The highest BCUT2D eigenvalue weighted by Crippen LogP contribution is 2.25. The molecule has 1 aliphatic carbocycles. The minimum atomic E-state index is 0. The van der Waals surface area contributed by atoms with Crippen LogP contribution in [0, 0.1) is 5.92 Å². The molecule has 5 nitrogen and oxygen atoms in total. The summed E-state index contributed by atoms with van der Waals surface area (Å²) in [4.78, 5) is 15.8. The maximum Gasteiger partial charge on any atom is 0.223 e. The van der Waals surface area contributed by atoms with Gasteiger partial charge < -0.3 is 16.0 Å². The summed E-state index contributed by atoms with van der Waals surface area (Å²) in [6, 6.07) is 0. The summed E-state index contributed by atoms with van der Waals surface area (Å²) in [6.07, 6.45) is 8.80. The van der Waals surface area contributed by atoms with E-state index in [1.54, 1.807) is 7.05 Å². The van der Waals surface area contributed by atoms with E-state index in [0.29, 0.717) is 0 Å². The molecule has 0 aromatic heterocycles. The fourth-order valence-corrected chi connectivity index (χ4v) is 2.61. The Labute approximate surface area is 156 Å². The highest BCUT2D eigenvalue weighted by molar-refractivity contribution is 14.0. The van der Waals surface area contributed by atoms with E-state index in [9.17, 15) is 4.79 Å². The molecule has 1 saturated carbocycles. The van der Waals surface area contributed by atoms with Crippen LogP contribution in [0.1, 0.15) is 38.5 Å². The minimum absolute atomic E-state index is 0. The topological polar surface area (TPSA) is 65.5 Å². The zero-order valence-electron chi connectivity index (χ0n) is 13.8. The molecule has 130 valence electrons. The van der Waals surface area contributed by atoms with Crippen molar-refractivity contribution in [1.29, 1.82) is 0 Å². The first-order valence-electron chi connectivity index (χ1n) is 7.99. The number of nitrogens with one attached hydrogen (secondary N) is 3. The maximum absolute atomic E-state index is 11.6. The van der Waals surface area contributed by atoms with Crippen molar-refractivity contribution in [3.8, 4) is 0 Å². The van der Waals surface area contributed by atoms with Gasteiger partial charge in [0, 0.05) is 32.6 Å². The fraction of sp³-hybridized carbons (Fsp3) is 0.867. The number of unbranched alkanes of at least 4 members (excludes halogenated alkanes) is 1. The summed E-state index contributed by atoms with van der Waals surface area (Å²) in [5, 5.41) is 9.58. The number of nitrogens with zero attached hydrogens (tertiary/aromatic N) is 1. The van der Waals surface area contributed by atoms with Crippen LogP contribution in [0.4, 0.5) is 0 Å². The van der Waals surface area contributed by atoms with Gasteiger partial charge >= 0.3 is 0 Å². The molecule has 0 spiro atoms. The van der Waals surface area contributed by atoms with Gasteiger partial charge in [0.25, 0.3) is 0 Å². The number of carbonyl (C=O) groups is 1. The molecule has 1 rings (SSSR count). The van der Waals surface area contributed by atoms with Crippen LogP contribution in [0.25, 0.3) is 0 Å². The second kappa shape index (κ2) is 14.4. The molecule has 0 unspecified atom stereocenters. The first-order valence-corrected chi connectivity index (χ1v) is 9.38. The van der Waals surface area contributed by atoms with Crippen LogP contribution in [0.2, 0.25) is 0 Å². The SMILES string of the molecule is CN=C(NCCCCSC)NCCCNC(=O)C1CCC1.I. The fourth-order valence-electron chi connectivity index (χ4n) is 2.12. The molecule has 0 heterocycles. The molecule has 0 aromatic rings. The molecule has 0 radical (unpaired) electrons. The minimum Gasteiger partial charge on any atom is -0.356 e. The van der Waals surface area contributed by atoms with E-state index in [0.717, 1.165) is 44.9 Å². The second-order valence-electron chi connectivity index (χ2n) is 5.40. The van der Waals surface area contributed by atoms with Gasteiger partial charge in [-0.2, -0.15) is 11.8 Å². The molecular weight excluding hydrogens is 411 g/mol. The summed E-state index contributed by atoms with van der Waals surface area (Å²) in [5.74, 6) is 2.59. The largest absolute Gasteiger partial charge is 0.356 e. The molecule has 3 N–H and O–H groups in total. The normalized spacial score (nSPS) is 14.7. The summed E-state index contributed by atoms with van der Waals surface area (Å²) in [7, 11) is 1.79. The third kappa shape index (κ3) is 9.76. The van der Waals surface area contributed by atoms with Gasteiger partial charge in [-0.1, -0.05) is 6.42 Å². The quantitative estimate of drug-likeness (QED) is 0.210. The van der Waals surface area contributed by atoms with Crippen LogP contribution in [-0.2, 0) is 4.79 Å². The molecule has 0 saturated heterocycles. The van der Waals surface area contributed by atoms with Crippen LogP contribution in [0.5, 0.6) is 0 Å². The van der Waals surface area contributed by atoms with Crippen molar-refractivity contribution in [3.63, 3.8) is 0 Å². The Morgan fingerprint density at radius 3 is 2.27 bits per heavy atom. The van der Waals surface area contributed by atoms with Gasteiger partial charge in [0.05, 0.1) is 0 Å². The Morgan fingerprint density at radius 1 is 1.09 bits per heavy atom. The van der Waals surface area contributed by atoms with E-state index in [1.165, 1.54) is 25.0 Å². The van der Waals surface area contributed by atoms with E-state index in [4.69, 9.17) is 0 Å². The van der Waals surface area contributed by atoms with Crippen molar-refractivity contribution in [3.05, 3.63) is 0 Å². The number of hydrogen-bond donors (Lipinski definition) is 3. The van der Waals surface area contributed by atoms with Crippen molar-refractivity contribution in [2.75, 3.05) is 38.7 Å². The Kier molecular flexibility index (Phi) is 14.3. The molecule has 0 atom stereocenters. The van der Waals surface area contributed by atoms with Crippen molar-refractivity contribution in [1.82, 2.24) is 16.0 Å². The lowest BCUT2D eigenvalue weighted by atomic mass is 9.85.